The first-order chi connectivity index (χ1) is 12.9. The fourth-order valence-electron chi connectivity index (χ4n) is 2.93. The van der Waals surface area contributed by atoms with Crippen molar-refractivity contribution in [2.24, 2.45) is 0 Å². The van der Waals surface area contributed by atoms with Crippen LogP contribution in [-0.2, 0) is 14.4 Å². The number of nitrogens with one attached hydrogen (secondary N) is 1. The lowest BCUT2D eigenvalue weighted by Crippen LogP contribution is -2.48. The number of aryl methyl sites for hydroxylation is 1. The molecule has 0 bridgehead atoms. The highest BCUT2D eigenvalue weighted by Crippen LogP contribution is 2.26. The summed E-state index contributed by atoms with van der Waals surface area (Å²) in [7, 11) is 1.47. The van der Waals surface area contributed by atoms with Crippen LogP contribution in [0.4, 0.5) is 10.5 Å². The fourth-order valence-corrected chi connectivity index (χ4v) is 2.93. The highest BCUT2D eigenvalue weighted by Gasteiger charge is 2.44. The van der Waals surface area contributed by atoms with Crippen molar-refractivity contribution >= 4 is 29.4 Å². The quantitative estimate of drug-likeness (QED) is 0.775. The van der Waals surface area contributed by atoms with Crippen LogP contribution in [0.15, 0.2) is 24.3 Å². The van der Waals surface area contributed by atoms with Crippen molar-refractivity contribution in [2.75, 3.05) is 25.0 Å². The van der Waals surface area contributed by atoms with E-state index in [4.69, 9.17) is 0 Å². The molecule has 28 heavy (non-hydrogen) atoms. The zero-order valence-corrected chi connectivity index (χ0v) is 17.3. The van der Waals surface area contributed by atoms with E-state index >= 15 is 0 Å². The van der Waals surface area contributed by atoms with Gasteiger partial charge in [0.2, 0.25) is 11.8 Å². The molecule has 0 unspecified atom stereocenters. The Morgan fingerprint density at radius 1 is 1.14 bits per heavy atom. The highest BCUT2D eigenvalue weighted by molar-refractivity contribution is 6.15. The number of hydrogen-bond donors (Lipinski definition) is 1. The molecular weight excluding hydrogens is 360 g/mol. The molecule has 0 aromatic heterocycles. The van der Waals surface area contributed by atoms with Crippen molar-refractivity contribution in [2.45, 2.75) is 46.2 Å². The Hall–Kier alpha value is -2.90. The van der Waals surface area contributed by atoms with Crippen molar-refractivity contribution in [3.05, 3.63) is 29.8 Å². The smallest absolute Gasteiger partial charge is 0.332 e. The van der Waals surface area contributed by atoms with Crippen LogP contribution in [0.2, 0.25) is 0 Å². The molecule has 8 nitrogen and oxygen atoms in total. The molecule has 1 N–H and O–H groups in total. The van der Waals surface area contributed by atoms with Crippen LogP contribution in [0.3, 0.4) is 0 Å². The van der Waals surface area contributed by atoms with Crippen LogP contribution in [0.25, 0.3) is 0 Å². The Morgan fingerprint density at radius 2 is 1.71 bits per heavy atom. The van der Waals surface area contributed by atoms with Crippen LogP contribution in [0.1, 0.15) is 33.3 Å². The van der Waals surface area contributed by atoms with Gasteiger partial charge >= 0.3 is 6.03 Å². The van der Waals surface area contributed by atoms with E-state index in [9.17, 15) is 19.2 Å². The molecule has 152 valence electrons. The van der Waals surface area contributed by atoms with Gasteiger partial charge < -0.3 is 10.2 Å². The zero-order valence-electron chi connectivity index (χ0n) is 17.3. The van der Waals surface area contributed by atoms with E-state index in [1.807, 2.05) is 39.8 Å². The molecule has 1 aromatic rings. The topological polar surface area (TPSA) is 90.0 Å². The van der Waals surface area contributed by atoms with E-state index in [1.165, 1.54) is 16.8 Å². The third-order valence-corrected chi connectivity index (χ3v) is 4.37. The fraction of sp³-hybridized carbons (Fsp3) is 0.500. The Bertz CT molecular complexity index is 782. The van der Waals surface area contributed by atoms with Crippen molar-refractivity contribution in [1.82, 2.24) is 15.1 Å². The van der Waals surface area contributed by atoms with Crippen molar-refractivity contribution in [3.63, 3.8) is 0 Å². The number of amides is 5. The molecule has 1 aliphatic heterocycles. The number of hydrogen-bond acceptors (Lipinski definition) is 4. The second-order valence-corrected chi connectivity index (χ2v) is 8.14. The van der Waals surface area contributed by atoms with Gasteiger partial charge in [0.25, 0.3) is 5.91 Å². The predicted octanol–water partition coefficient (Wildman–Crippen LogP) is 1.53. The van der Waals surface area contributed by atoms with E-state index in [0.29, 0.717) is 5.69 Å². The lowest BCUT2D eigenvalue weighted by Gasteiger charge is -2.24. The lowest BCUT2D eigenvalue weighted by atomic mass is 10.1. The zero-order chi connectivity index (χ0) is 21.2. The second kappa shape index (κ2) is 8.00. The summed E-state index contributed by atoms with van der Waals surface area (Å²) in [6, 6.07) is 6.01. The van der Waals surface area contributed by atoms with E-state index in [1.54, 1.807) is 19.1 Å². The summed E-state index contributed by atoms with van der Waals surface area (Å²) in [6.07, 6.45) is 0. The average Bonchev–Trinajstić information content (AvgIpc) is 2.77. The number of likely N-dealkylation sites (N-methyl/N-ethyl adjacent to an activating group) is 1. The second-order valence-electron chi connectivity index (χ2n) is 8.14. The summed E-state index contributed by atoms with van der Waals surface area (Å²) in [5.41, 5.74) is 1.23. The summed E-state index contributed by atoms with van der Waals surface area (Å²) >= 11 is 0. The molecule has 1 saturated heterocycles. The van der Waals surface area contributed by atoms with Gasteiger partial charge in [0.15, 0.2) is 0 Å². The normalized spacial score (nSPS) is 17.1. The van der Waals surface area contributed by atoms with Crippen LogP contribution in [0.5, 0.6) is 0 Å². The van der Waals surface area contributed by atoms with Gasteiger partial charge in [-0.15, -0.1) is 0 Å². The SMILES string of the molecule is Cc1ccc(N2C(=O)N(CC(=O)N(C)CC(=O)NC(C)(C)C)C(=O)[C@H]2C)cc1. The van der Waals surface area contributed by atoms with E-state index in [-0.39, 0.29) is 12.5 Å². The molecule has 0 saturated carbocycles. The molecule has 1 fully saturated rings. The Morgan fingerprint density at radius 3 is 2.25 bits per heavy atom. The largest absolute Gasteiger partial charge is 0.350 e. The maximum atomic E-state index is 12.8. The first-order valence-corrected chi connectivity index (χ1v) is 9.17. The summed E-state index contributed by atoms with van der Waals surface area (Å²) < 4.78 is 0. The maximum Gasteiger partial charge on any atom is 0.332 e. The van der Waals surface area contributed by atoms with Crippen molar-refractivity contribution in [3.8, 4) is 0 Å². The average molecular weight is 388 g/mol. The minimum atomic E-state index is -0.697. The van der Waals surface area contributed by atoms with Gasteiger partial charge in [-0.2, -0.15) is 0 Å². The van der Waals surface area contributed by atoms with Crippen LogP contribution in [-0.4, -0.2) is 65.3 Å². The molecule has 1 aliphatic rings. The van der Waals surface area contributed by atoms with Gasteiger partial charge in [0.1, 0.15) is 12.6 Å². The van der Waals surface area contributed by atoms with Crippen molar-refractivity contribution in [1.29, 1.82) is 0 Å². The van der Waals surface area contributed by atoms with E-state index in [0.717, 1.165) is 10.5 Å². The molecule has 8 heteroatoms. The minimum absolute atomic E-state index is 0.149. The molecule has 1 heterocycles. The number of carbonyl (C=O) groups is 4. The first-order valence-electron chi connectivity index (χ1n) is 9.17. The Labute approximate surface area is 165 Å². The summed E-state index contributed by atoms with van der Waals surface area (Å²) in [6.45, 7) is 8.54. The van der Waals surface area contributed by atoms with Gasteiger partial charge in [-0.1, -0.05) is 17.7 Å². The Kier molecular flexibility index (Phi) is 6.11. The van der Waals surface area contributed by atoms with Gasteiger partial charge in [-0.25, -0.2) is 4.79 Å². The van der Waals surface area contributed by atoms with Crippen LogP contribution >= 0.6 is 0 Å². The van der Waals surface area contributed by atoms with E-state index in [2.05, 4.69) is 5.32 Å². The van der Waals surface area contributed by atoms with Crippen molar-refractivity contribution < 1.29 is 19.2 Å². The third kappa shape index (κ3) is 4.88. The van der Waals surface area contributed by atoms with Crippen LogP contribution < -0.4 is 10.2 Å². The number of imide groups is 1. The first kappa shape index (κ1) is 21.4. The van der Waals surface area contributed by atoms with Gasteiger partial charge in [0.05, 0.1) is 6.54 Å². The summed E-state index contributed by atoms with van der Waals surface area (Å²) in [4.78, 5) is 53.3. The molecule has 1 atom stereocenters. The molecule has 0 aliphatic carbocycles. The lowest BCUT2D eigenvalue weighted by molar-refractivity contribution is -0.138. The minimum Gasteiger partial charge on any atom is -0.350 e. The molecule has 1 aromatic carbocycles. The number of benzene rings is 1. The van der Waals surface area contributed by atoms with Crippen LogP contribution in [0, 0.1) is 6.92 Å². The van der Waals surface area contributed by atoms with Gasteiger partial charge in [-0.05, 0) is 46.8 Å². The number of nitrogens with zero attached hydrogens (tertiary/aromatic N) is 3. The number of rotatable bonds is 5. The van der Waals surface area contributed by atoms with Gasteiger partial charge in [0, 0.05) is 18.3 Å². The number of carbonyl (C=O) groups excluding carboxylic acids is 4. The monoisotopic (exact) mass is 388 g/mol. The molecule has 0 radical (unpaired) electrons. The highest BCUT2D eigenvalue weighted by atomic mass is 16.2. The number of anilines is 1. The molecular formula is C20H28N4O4. The molecule has 5 amide bonds. The number of urea groups is 1. The third-order valence-electron chi connectivity index (χ3n) is 4.37. The maximum absolute atomic E-state index is 12.8. The predicted molar refractivity (Wildman–Crippen MR) is 106 cm³/mol. The standard InChI is InChI=1S/C20H28N4O4/c1-13-7-9-15(10-8-13)24-14(2)18(27)23(19(24)28)12-17(26)22(6)11-16(25)21-20(3,4)5/h7-10,14H,11-12H2,1-6H3,(H,21,25)/t14-/m1/s1. The van der Waals surface area contributed by atoms with Gasteiger partial charge in [-0.3, -0.25) is 24.2 Å². The van der Waals surface area contributed by atoms with E-state index < -0.39 is 36.0 Å². The molecule has 2 rings (SSSR count). The summed E-state index contributed by atoms with van der Waals surface area (Å²) in [5.74, 6) is -1.23. The summed E-state index contributed by atoms with van der Waals surface area (Å²) in [5, 5.41) is 2.77. The molecule has 0 spiro atoms. The Balaban J connectivity index is 2.06.